The number of β-amino-alcohol motifs (C(OH)–C–C–N with tert-alkyl or cyclic N) is 1. The largest absolute Gasteiger partial charge is 0.496 e. The quantitative estimate of drug-likeness (QED) is 0.546. The Morgan fingerprint density at radius 3 is 2.09 bits per heavy atom. The third-order valence-electron chi connectivity index (χ3n) is 5.77. The Bertz CT molecular complexity index is 1060. The summed E-state index contributed by atoms with van der Waals surface area (Å²) in [4.78, 5) is 0. The van der Waals surface area contributed by atoms with E-state index in [2.05, 4.69) is 50.2 Å². The number of aliphatic hydroxyl groups is 1. The first-order valence-electron chi connectivity index (χ1n) is 11.2. The number of benzene rings is 3. The van der Waals surface area contributed by atoms with Gasteiger partial charge in [0.2, 0.25) is 0 Å². The molecule has 33 heavy (non-hydrogen) atoms. The van der Waals surface area contributed by atoms with Crippen molar-refractivity contribution < 1.29 is 14.6 Å². The molecule has 174 valence electrons. The Labute approximate surface area is 197 Å². The average molecular weight is 447 g/mol. The van der Waals surface area contributed by atoms with E-state index >= 15 is 0 Å². The van der Waals surface area contributed by atoms with Gasteiger partial charge in [0.15, 0.2) is 0 Å². The van der Waals surface area contributed by atoms with E-state index in [0.29, 0.717) is 6.54 Å². The van der Waals surface area contributed by atoms with Gasteiger partial charge >= 0.3 is 0 Å². The highest BCUT2D eigenvalue weighted by molar-refractivity contribution is 6.02. The first-order valence-corrected chi connectivity index (χ1v) is 11.2. The van der Waals surface area contributed by atoms with Crippen molar-refractivity contribution in [3.63, 3.8) is 0 Å². The second-order valence-corrected chi connectivity index (χ2v) is 8.23. The molecule has 1 N–H and O–H groups in total. The van der Waals surface area contributed by atoms with Gasteiger partial charge in [-0.1, -0.05) is 53.6 Å². The average Bonchev–Trinajstić information content (AvgIpc) is 3.25. The zero-order valence-corrected chi connectivity index (χ0v) is 20.2. The van der Waals surface area contributed by atoms with Crippen molar-refractivity contribution in [2.45, 2.75) is 33.2 Å². The smallest absolute Gasteiger partial charge is 0.124 e. The number of ether oxygens (including phenoxy) is 2. The van der Waals surface area contributed by atoms with Crippen LogP contribution in [0.25, 0.3) is 0 Å². The number of methoxy groups -OCH3 is 2. The molecule has 3 aromatic carbocycles. The van der Waals surface area contributed by atoms with Gasteiger partial charge in [-0.3, -0.25) is 5.01 Å². The van der Waals surface area contributed by atoms with E-state index in [9.17, 15) is 5.11 Å². The molecular weight excluding hydrogens is 412 g/mol. The van der Waals surface area contributed by atoms with Crippen LogP contribution in [0.5, 0.6) is 11.5 Å². The highest BCUT2D eigenvalue weighted by Crippen LogP contribution is 2.37. The maximum absolute atomic E-state index is 9.43. The van der Waals surface area contributed by atoms with Gasteiger partial charge in [0, 0.05) is 12.0 Å². The van der Waals surface area contributed by atoms with Crippen molar-refractivity contribution in [3.05, 3.63) is 94.5 Å². The van der Waals surface area contributed by atoms with E-state index in [1.54, 1.807) is 14.2 Å². The number of hydrazone groups is 1. The summed E-state index contributed by atoms with van der Waals surface area (Å²) in [5.74, 6) is 1.72. The van der Waals surface area contributed by atoms with Crippen LogP contribution < -0.4 is 9.47 Å². The molecule has 0 saturated carbocycles. The molecule has 0 aromatic heterocycles. The summed E-state index contributed by atoms with van der Waals surface area (Å²) in [6.07, 6.45) is 0.770. The molecule has 1 aliphatic heterocycles. The lowest BCUT2D eigenvalue weighted by Gasteiger charge is -2.24. The van der Waals surface area contributed by atoms with E-state index in [1.807, 2.05) is 42.3 Å². The van der Waals surface area contributed by atoms with E-state index in [1.165, 1.54) is 11.1 Å². The number of para-hydroxylation sites is 1. The molecule has 5 nitrogen and oxygen atoms in total. The molecule has 0 spiro atoms. The molecule has 1 unspecified atom stereocenters. The maximum atomic E-state index is 9.43. The van der Waals surface area contributed by atoms with Crippen molar-refractivity contribution in [2.75, 3.05) is 27.4 Å². The van der Waals surface area contributed by atoms with Crippen LogP contribution in [0.15, 0.2) is 71.8 Å². The van der Waals surface area contributed by atoms with Crippen molar-refractivity contribution in [2.24, 2.45) is 5.10 Å². The molecule has 0 amide bonds. The molecule has 1 heterocycles. The van der Waals surface area contributed by atoms with Crippen molar-refractivity contribution >= 4 is 5.71 Å². The standard InChI is InChI=1S/C20H24N2O3.C8H10/c1-14-12-15(8-9-19(14)24-2)17-13-18(22(21-17)10-11-23)16-6-4-5-7-20(16)25-3;1-7-3-5-8(2)6-4-7/h4-9,12,18,23H,10-11,13H2,1-3H3;3-6H,1-2H3. The van der Waals surface area contributed by atoms with Gasteiger partial charge in [0.1, 0.15) is 11.5 Å². The Kier molecular flexibility index (Phi) is 8.50. The SMILES string of the molecule is COc1ccc(C2=NN(CCO)C(c3ccccc3OC)C2)cc1C.Cc1ccc(C)cc1. The maximum Gasteiger partial charge on any atom is 0.124 e. The molecule has 0 radical (unpaired) electrons. The third-order valence-corrected chi connectivity index (χ3v) is 5.77. The molecule has 1 atom stereocenters. The Morgan fingerprint density at radius 1 is 0.879 bits per heavy atom. The van der Waals surface area contributed by atoms with Gasteiger partial charge in [-0.25, -0.2) is 0 Å². The Hall–Kier alpha value is -3.31. The lowest BCUT2D eigenvalue weighted by atomic mass is 9.97. The zero-order valence-electron chi connectivity index (χ0n) is 20.2. The van der Waals surface area contributed by atoms with Crippen molar-refractivity contribution in [1.29, 1.82) is 0 Å². The summed E-state index contributed by atoms with van der Waals surface area (Å²) < 4.78 is 10.9. The number of hydrogen-bond donors (Lipinski definition) is 1. The summed E-state index contributed by atoms with van der Waals surface area (Å²) in [7, 11) is 3.36. The summed E-state index contributed by atoms with van der Waals surface area (Å²) in [6.45, 7) is 6.77. The van der Waals surface area contributed by atoms with Crippen LogP contribution in [-0.2, 0) is 0 Å². The summed E-state index contributed by atoms with van der Waals surface area (Å²) in [5.41, 5.74) is 6.92. The molecule has 0 aliphatic carbocycles. The van der Waals surface area contributed by atoms with E-state index in [-0.39, 0.29) is 12.6 Å². The van der Waals surface area contributed by atoms with Gasteiger partial charge in [-0.05, 0) is 56.2 Å². The molecule has 3 aromatic rings. The fourth-order valence-electron chi connectivity index (χ4n) is 3.95. The number of rotatable bonds is 6. The predicted octanol–water partition coefficient (Wildman–Crippen LogP) is 5.46. The molecule has 0 bridgehead atoms. The molecule has 0 fully saturated rings. The lowest BCUT2D eigenvalue weighted by Crippen LogP contribution is -2.23. The second-order valence-electron chi connectivity index (χ2n) is 8.23. The van der Waals surface area contributed by atoms with Crippen molar-refractivity contribution in [3.8, 4) is 11.5 Å². The van der Waals surface area contributed by atoms with Gasteiger partial charge in [-0.15, -0.1) is 0 Å². The van der Waals surface area contributed by atoms with Gasteiger partial charge in [0.05, 0.1) is 39.1 Å². The van der Waals surface area contributed by atoms with E-state index < -0.39 is 0 Å². The topological polar surface area (TPSA) is 54.3 Å². The van der Waals surface area contributed by atoms with Crippen LogP contribution >= 0.6 is 0 Å². The van der Waals surface area contributed by atoms with Crippen LogP contribution in [-0.4, -0.2) is 43.2 Å². The fraction of sp³-hybridized carbons (Fsp3) is 0.321. The Morgan fingerprint density at radius 2 is 1.52 bits per heavy atom. The summed E-state index contributed by atoms with van der Waals surface area (Å²) >= 11 is 0. The minimum atomic E-state index is 0.0562. The predicted molar refractivity (Wildman–Crippen MR) is 134 cm³/mol. The first kappa shape index (κ1) is 24.3. The van der Waals surface area contributed by atoms with Crippen LogP contribution in [0.2, 0.25) is 0 Å². The second kappa shape index (κ2) is 11.5. The minimum Gasteiger partial charge on any atom is -0.496 e. The van der Waals surface area contributed by atoms with E-state index in [4.69, 9.17) is 14.6 Å². The summed E-state index contributed by atoms with van der Waals surface area (Å²) in [6, 6.07) is 22.6. The monoisotopic (exact) mass is 446 g/mol. The van der Waals surface area contributed by atoms with Gasteiger partial charge in [-0.2, -0.15) is 5.10 Å². The number of nitrogens with zero attached hydrogens (tertiary/aromatic N) is 2. The van der Waals surface area contributed by atoms with Gasteiger partial charge in [0.25, 0.3) is 0 Å². The molecule has 4 rings (SSSR count). The van der Waals surface area contributed by atoms with Crippen LogP contribution in [0, 0.1) is 20.8 Å². The highest BCUT2D eigenvalue weighted by Gasteiger charge is 2.30. The normalized spacial score (nSPS) is 14.9. The van der Waals surface area contributed by atoms with Crippen LogP contribution in [0.1, 0.15) is 40.3 Å². The Balaban J connectivity index is 0.000000323. The lowest BCUT2D eigenvalue weighted by molar-refractivity contribution is 0.170. The van der Waals surface area contributed by atoms with Gasteiger partial charge < -0.3 is 14.6 Å². The van der Waals surface area contributed by atoms with E-state index in [0.717, 1.165) is 40.3 Å². The number of hydrogen-bond acceptors (Lipinski definition) is 5. The third kappa shape index (κ3) is 6.14. The first-order chi connectivity index (χ1) is 16.0. The minimum absolute atomic E-state index is 0.0562. The molecule has 1 aliphatic rings. The molecule has 5 heteroatoms. The summed E-state index contributed by atoms with van der Waals surface area (Å²) in [5, 5.41) is 16.2. The number of aryl methyl sites for hydroxylation is 3. The van der Waals surface area contributed by atoms with Crippen molar-refractivity contribution in [1.82, 2.24) is 5.01 Å². The zero-order chi connectivity index (χ0) is 23.8. The highest BCUT2D eigenvalue weighted by atomic mass is 16.5. The molecule has 0 saturated heterocycles. The molecular formula is C28H34N2O3. The van der Waals surface area contributed by atoms with Crippen LogP contribution in [0.4, 0.5) is 0 Å². The fourth-order valence-corrected chi connectivity index (χ4v) is 3.95. The van der Waals surface area contributed by atoms with Crippen LogP contribution in [0.3, 0.4) is 0 Å². The number of aliphatic hydroxyl groups excluding tert-OH is 1.